The van der Waals surface area contributed by atoms with E-state index in [0.29, 0.717) is 11.4 Å². The van der Waals surface area contributed by atoms with Gasteiger partial charge in [-0.3, -0.25) is 9.52 Å². The highest BCUT2D eigenvalue weighted by molar-refractivity contribution is 7.93. The Morgan fingerprint density at radius 1 is 1.23 bits per heavy atom. The number of carbonyl (C=O) groups excluding carboxylic acids is 1. The largest absolute Gasteiger partial charge is 0.322 e. The van der Waals surface area contributed by atoms with Crippen molar-refractivity contribution in [2.24, 2.45) is 0 Å². The molecule has 0 spiro atoms. The van der Waals surface area contributed by atoms with Crippen LogP contribution >= 0.6 is 11.3 Å². The number of benzene rings is 1. The maximum absolute atomic E-state index is 13.2. The van der Waals surface area contributed by atoms with Crippen LogP contribution in [-0.2, 0) is 10.0 Å². The molecule has 0 bridgehead atoms. The highest BCUT2D eigenvalue weighted by Gasteiger charge is 2.21. The van der Waals surface area contributed by atoms with Gasteiger partial charge in [0.2, 0.25) is 0 Å². The number of nitrogens with zero attached hydrogens (tertiary/aromatic N) is 4. The first-order valence-electron chi connectivity index (χ1n) is 8.72. The van der Waals surface area contributed by atoms with Crippen LogP contribution in [0, 0.1) is 6.92 Å². The molecule has 0 fully saturated rings. The molecule has 4 rings (SSSR count). The minimum Gasteiger partial charge on any atom is -0.322 e. The summed E-state index contributed by atoms with van der Waals surface area (Å²) in [7, 11) is -3.83. The number of aromatic nitrogens is 4. The van der Waals surface area contributed by atoms with Crippen molar-refractivity contribution in [3.05, 3.63) is 65.1 Å². The third-order valence-electron chi connectivity index (χ3n) is 4.17. The van der Waals surface area contributed by atoms with Gasteiger partial charge in [0.05, 0.1) is 11.1 Å². The number of hydrogen-bond donors (Lipinski definition) is 2. The summed E-state index contributed by atoms with van der Waals surface area (Å²) in [5, 5.41) is 8.30. The highest BCUT2D eigenvalue weighted by Crippen LogP contribution is 2.23. The van der Waals surface area contributed by atoms with Gasteiger partial charge in [-0.25, -0.2) is 31.7 Å². The van der Waals surface area contributed by atoms with Crippen LogP contribution in [0.15, 0.2) is 53.0 Å². The molecule has 0 unspecified atom stereocenters. The number of aryl methyl sites for hydroxylation is 1. The van der Waals surface area contributed by atoms with Crippen molar-refractivity contribution in [2.75, 3.05) is 10.0 Å². The number of hydrogen-bond acceptors (Lipinski definition) is 7. The average molecular weight is 464 g/mol. The topological polar surface area (TPSA) is 118 Å². The molecule has 160 valence electrons. The van der Waals surface area contributed by atoms with Crippen LogP contribution in [0.4, 0.5) is 19.6 Å². The Balaban J connectivity index is 1.56. The molecule has 0 saturated heterocycles. The van der Waals surface area contributed by atoms with Crippen molar-refractivity contribution in [1.29, 1.82) is 0 Å². The van der Waals surface area contributed by atoms with Crippen LogP contribution in [0.1, 0.15) is 28.2 Å². The molecule has 3 aromatic heterocycles. The molecule has 9 nitrogen and oxygen atoms in total. The van der Waals surface area contributed by atoms with Crippen molar-refractivity contribution in [2.45, 2.75) is 18.2 Å². The second-order valence-electron chi connectivity index (χ2n) is 6.34. The van der Waals surface area contributed by atoms with E-state index in [1.54, 1.807) is 12.3 Å². The minimum atomic E-state index is -3.83. The smallest absolute Gasteiger partial charge is 0.280 e. The van der Waals surface area contributed by atoms with Gasteiger partial charge in [0.15, 0.2) is 10.8 Å². The SMILES string of the molecule is Cc1cc(C(F)F)n2ncc(C(=O)Nc3ccc(S(=O)(=O)Nc4nccs4)cc3)c2n1. The number of nitrogens with one attached hydrogen (secondary N) is 2. The fourth-order valence-electron chi connectivity index (χ4n) is 2.79. The lowest BCUT2D eigenvalue weighted by Crippen LogP contribution is -2.14. The van der Waals surface area contributed by atoms with Crippen LogP contribution in [0.3, 0.4) is 0 Å². The van der Waals surface area contributed by atoms with Crippen LogP contribution < -0.4 is 10.0 Å². The summed E-state index contributed by atoms with van der Waals surface area (Å²) in [6, 6.07) is 6.65. The second-order valence-corrected chi connectivity index (χ2v) is 8.91. The van der Waals surface area contributed by atoms with Crippen molar-refractivity contribution in [3.8, 4) is 0 Å². The molecule has 0 radical (unpaired) electrons. The van der Waals surface area contributed by atoms with Gasteiger partial charge in [-0.1, -0.05) is 0 Å². The highest BCUT2D eigenvalue weighted by atomic mass is 32.2. The zero-order valence-corrected chi connectivity index (χ0v) is 17.4. The molecule has 0 saturated carbocycles. The normalized spacial score (nSPS) is 11.7. The van der Waals surface area contributed by atoms with Gasteiger partial charge in [-0.2, -0.15) is 5.10 Å². The van der Waals surface area contributed by atoms with Gasteiger partial charge in [0.1, 0.15) is 11.3 Å². The molecule has 0 aliphatic heterocycles. The van der Waals surface area contributed by atoms with Gasteiger partial charge >= 0.3 is 0 Å². The fourth-order valence-corrected chi connectivity index (χ4v) is 4.58. The van der Waals surface area contributed by atoms with Crippen molar-refractivity contribution < 1.29 is 22.0 Å². The summed E-state index contributed by atoms with van der Waals surface area (Å²) in [6.07, 6.45) is -0.158. The van der Waals surface area contributed by atoms with Crippen molar-refractivity contribution >= 4 is 43.7 Å². The first-order chi connectivity index (χ1) is 14.7. The Labute approximate surface area is 178 Å². The van der Waals surface area contributed by atoms with E-state index in [4.69, 9.17) is 0 Å². The van der Waals surface area contributed by atoms with Gasteiger partial charge < -0.3 is 5.32 Å². The van der Waals surface area contributed by atoms with Crippen LogP contribution in [-0.4, -0.2) is 33.9 Å². The zero-order chi connectivity index (χ0) is 22.2. The maximum Gasteiger partial charge on any atom is 0.280 e. The lowest BCUT2D eigenvalue weighted by Gasteiger charge is -2.08. The summed E-state index contributed by atoms with van der Waals surface area (Å²) in [5.41, 5.74) is 0.259. The number of amides is 1. The molecule has 1 aromatic carbocycles. The Morgan fingerprint density at radius 3 is 2.61 bits per heavy atom. The Kier molecular flexibility index (Phi) is 5.37. The van der Waals surface area contributed by atoms with E-state index < -0.39 is 22.4 Å². The van der Waals surface area contributed by atoms with E-state index in [0.717, 1.165) is 22.0 Å². The molecule has 13 heteroatoms. The summed E-state index contributed by atoms with van der Waals surface area (Å²) >= 11 is 1.14. The van der Waals surface area contributed by atoms with Gasteiger partial charge in [0, 0.05) is 23.0 Å². The van der Waals surface area contributed by atoms with E-state index in [2.05, 4.69) is 25.1 Å². The number of sulfonamides is 1. The van der Waals surface area contributed by atoms with E-state index >= 15 is 0 Å². The fraction of sp³-hybridized carbons (Fsp3) is 0.111. The summed E-state index contributed by atoms with van der Waals surface area (Å²) in [5.74, 6) is -0.621. The van der Waals surface area contributed by atoms with Gasteiger partial charge in [-0.15, -0.1) is 11.3 Å². The van der Waals surface area contributed by atoms with E-state index in [1.165, 1.54) is 36.5 Å². The van der Waals surface area contributed by atoms with Crippen molar-refractivity contribution in [1.82, 2.24) is 19.6 Å². The molecule has 0 aliphatic rings. The summed E-state index contributed by atoms with van der Waals surface area (Å²) < 4.78 is 54.5. The molecule has 0 aliphatic carbocycles. The predicted molar refractivity (Wildman–Crippen MR) is 110 cm³/mol. The summed E-state index contributed by atoms with van der Waals surface area (Å²) in [4.78, 5) is 20.6. The quantitative estimate of drug-likeness (QED) is 0.451. The van der Waals surface area contributed by atoms with Crippen LogP contribution in [0.2, 0.25) is 0 Å². The molecular formula is C18H14F2N6O3S2. The molecule has 3 heterocycles. The number of fused-ring (bicyclic) bond motifs is 1. The lowest BCUT2D eigenvalue weighted by molar-refractivity contribution is 0.102. The lowest BCUT2D eigenvalue weighted by atomic mass is 10.2. The number of halogens is 2. The molecule has 4 aromatic rings. The summed E-state index contributed by atoms with van der Waals surface area (Å²) in [6.45, 7) is 1.54. The predicted octanol–water partition coefficient (Wildman–Crippen LogP) is 3.48. The number of carbonyl (C=O) groups is 1. The van der Waals surface area contributed by atoms with Gasteiger partial charge in [-0.05, 0) is 37.3 Å². The average Bonchev–Trinajstić information content (AvgIpc) is 3.37. The molecule has 0 atom stereocenters. The Bertz CT molecular complexity index is 1350. The maximum atomic E-state index is 13.2. The molecule has 1 amide bonds. The molecular weight excluding hydrogens is 450 g/mol. The molecule has 31 heavy (non-hydrogen) atoms. The second kappa shape index (κ2) is 8.00. The minimum absolute atomic E-state index is 0.000328. The standard InChI is InChI=1S/C18H14F2N6O3S2/c1-10-8-14(15(19)20)26-16(23-10)13(9-22-26)17(27)24-11-2-4-12(5-3-11)31(28,29)25-18-21-6-7-30-18/h2-9,15H,1H3,(H,21,25)(H,24,27). The van der Waals surface area contributed by atoms with E-state index in [-0.39, 0.29) is 26.9 Å². The first-order valence-corrected chi connectivity index (χ1v) is 11.1. The number of anilines is 2. The Morgan fingerprint density at radius 2 is 1.97 bits per heavy atom. The van der Waals surface area contributed by atoms with Crippen LogP contribution in [0.25, 0.3) is 5.65 Å². The third-order valence-corrected chi connectivity index (χ3v) is 6.34. The van der Waals surface area contributed by atoms with Crippen molar-refractivity contribution in [3.63, 3.8) is 0 Å². The third kappa shape index (κ3) is 4.22. The van der Waals surface area contributed by atoms with E-state index in [1.807, 2.05) is 0 Å². The first kappa shape index (κ1) is 20.8. The molecule has 2 N–H and O–H groups in total. The number of rotatable bonds is 6. The zero-order valence-electron chi connectivity index (χ0n) is 15.8. The number of thiazole rings is 1. The van der Waals surface area contributed by atoms with E-state index in [9.17, 15) is 22.0 Å². The monoisotopic (exact) mass is 464 g/mol. The number of alkyl halides is 2. The van der Waals surface area contributed by atoms with Gasteiger partial charge in [0.25, 0.3) is 22.4 Å². The van der Waals surface area contributed by atoms with Crippen LogP contribution in [0.5, 0.6) is 0 Å². The Hall–Kier alpha value is -3.45.